The fourth-order valence-electron chi connectivity index (χ4n) is 2.26. The van der Waals surface area contributed by atoms with Crippen LogP contribution in [0.2, 0.25) is 0 Å². The van der Waals surface area contributed by atoms with E-state index in [0.717, 1.165) is 5.56 Å². The van der Waals surface area contributed by atoms with Crippen LogP contribution in [0.15, 0.2) is 31.0 Å². The Hall–Kier alpha value is -3.54. The van der Waals surface area contributed by atoms with Crippen molar-refractivity contribution in [1.29, 1.82) is 5.26 Å². The van der Waals surface area contributed by atoms with Gasteiger partial charge in [-0.15, -0.1) is 5.10 Å². The molecular weight excluding hydrogens is 308 g/mol. The largest absolute Gasteiger partial charge is 0.381 e. The molecule has 0 aliphatic rings. The zero-order chi connectivity index (χ0) is 17.1. The molecule has 1 amide bonds. The van der Waals surface area contributed by atoms with Crippen molar-refractivity contribution in [2.75, 3.05) is 19.3 Å². The number of nitrogens with two attached hydrogens (primary N) is 1. The van der Waals surface area contributed by atoms with Gasteiger partial charge in [-0.05, 0) is 6.07 Å². The summed E-state index contributed by atoms with van der Waals surface area (Å²) < 4.78 is 1.46. The van der Waals surface area contributed by atoms with Gasteiger partial charge in [0.2, 0.25) is 0 Å². The van der Waals surface area contributed by atoms with Crippen molar-refractivity contribution >= 4 is 17.4 Å². The van der Waals surface area contributed by atoms with Crippen molar-refractivity contribution in [1.82, 2.24) is 29.5 Å². The van der Waals surface area contributed by atoms with Gasteiger partial charge in [0.25, 0.3) is 5.91 Å². The number of hydrogen-bond donors (Lipinski definition) is 1. The van der Waals surface area contributed by atoms with Crippen LogP contribution >= 0.6 is 0 Å². The molecule has 24 heavy (non-hydrogen) atoms. The Bertz CT molecular complexity index is 928. The predicted molar refractivity (Wildman–Crippen MR) is 85.6 cm³/mol. The van der Waals surface area contributed by atoms with Gasteiger partial charge in [-0.2, -0.15) is 5.26 Å². The van der Waals surface area contributed by atoms with Crippen LogP contribution in [-0.2, 0) is 0 Å². The summed E-state index contributed by atoms with van der Waals surface area (Å²) in [6.07, 6.45) is 6.61. The maximum Gasteiger partial charge on any atom is 0.261 e. The SMILES string of the molecule is CN(CCC#N)C(=O)c1c(N)nn2cc(-c3ccncn3)cnc12. The van der Waals surface area contributed by atoms with Crippen LogP contribution in [-0.4, -0.2) is 49.0 Å². The molecule has 2 N–H and O–H groups in total. The van der Waals surface area contributed by atoms with E-state index in [1.165, 1.54) is 15.7 Å². The average molecular weight is 322 g/mol. The van der Waals surface area contributed by atoms with Crippen molar-refractivity contribution in [3.05, 3.63) is 36.5 Å². The Morgan fingerprint density at radius 2 is 2.29 bits per heavy atom. The molecule has 0 aliphatic carbocycles. The van der Waals surface area contributed by atoms with E-state index in [1.807, 2.05) is 6.07 Å². The second kappa shape index (κ2) is 6.29. The zero-order valence-corrected chi connectivity index (χ0v) is 12.9. The molecule has 3 heterocycles. The highest BCUT2D eigenvalue weighted by Crippen LogP contribution is 2.21. The summed E-state index contributed by atoms with van der Waals surface area (Å²) in [7, 11) is 1.61. The Morgan fingerprint density at radius 1 is 1.46 bits per heavy atom. The Balaban J connectivity index is 2.01. The highest BCUT2D eigenvalue weighted by atomic mass is 16.2. The number of carbonyl (C=O) groups excluding carboxylic acids is 1. The van der Waals surface area contributed by atoms with E-state index in [2.05, 4.69) is 20.1 Å². The normalized spacial score (nSPS) is 10.5. The van der Waals surface area contributed by atoms with Gasteiger partial charge in [0.05, 0.1) is 18.2 Å². The summed E-state index contributed by atoms with van der Waals surface area (Å²) in [5.41, 5.74) is 7.90. The van der Waals surface area contributed by atoms with Crippen molar-refractivity contribution in [3.63, 3.8) is 0 Å². The summed E-state index contributed by atoms with van der Waals surface area (Å²) in [5, 5.41) is 12.8. The lowest BCUT2D eigenvalue weighted by molar-refractivity contribution is 0.0800. The quantitative estimate of drug-likeness (QED) is 0.751. The summed E-state index contributed by atoms with van der Waals surface area (Å²) in [6, 6.07) is 3.75. The molecule has 120 valence electrons. The fourth-order valence-corrected chi connectivity index (χ4v) is 2.26. The topological polar surface area (TPSA) is 126 Å². The smallest absolute Gasteiger partial charge is 0.261 e. The van der Waals surface area contributed by atoms with E-state index in [9.17, 15) is 4.79 Å². The standard InChI is InChI=1S/C15H14N8O/c1-22(6-2-4-16)15(24)12-13(17)21-23-8-10(7-19-14(12)23)11-3-5-18-9-20-11/h3,5,7-9H,2,6H2,1H3,(H2,17,21). The molecule has 0 aliphatic heterocycles. The van der Waals surface area contributed by atoms with Gasteiger partial charge < -0.3 is 10.6 Å². The molecule has 9 nitrogen and oxygen atoms in total. The van der Waals surface area contributed by atoms with E-state index >= 15 is 0 Å². The zero-order valence-electron chi connectivity index (χ0n) is 12.9. The Kier molecular flexibility index (Phi) is 4.03. The fraction of sp³-hybridized carbons (Fsp3) is 0.200. The molecule has 0 radical (unpaired) electrons. The van der Waals surface area contributed by atoms with Gasteiger partial charge in [0.1, 0.15) is 11.9 Å². The van der Waals surface area contributed by atoms with E-state index in [0.29, 0.717) is 17.9 Å². The average Bonchev–Trinajstić information content (AvgIpc) is 2.94. The molecule has 0 unspecified atom stereocenters. The highest BCUT2D eigenvalue weighted by Gasteiger charge is 2.22. The Morgan fingerprint density at radius 3 is 3.00 bits per heavy atom. The molecule has 3 aromatic heterocycles. The van der Waals surface area contributed by atoms with E-state index < -0.39 is 0 Å². The first-order chi connectivity index (χ1) is 11.6. The number of fused-ring (bicyclic) bond motifs is 1. The van der Waals surface area contributed by atoms with E-state index in [-0.39, 0.29) is 23.7 Å². The van der Waals surface area contributed by atoms with E-state index in [1.54, 1.807) is 31.7 Å². The minimum absolute atomic E-state index is 0.0937. The van der Waals surface area contributed by atoms with Crippen LogP contribution in [0, 0.1) is 11.3 Å². The molecule has 0 saturated heterocycles. The predicted octanol–water partition coefficient (Wildman–Crippen LogP) is 0.754. The number of aromatic nitrogens is 5. The molecule has 3 rings (SSSR count). The maximum absolute atomic E-state index is 12.5. The lowest BCUT2D eigenvalue weighted by atomic mass is 10.2. The summed E-state index contributed by atoms with van der Waals surface area (Å²) >= 11 is 0. The van der Waals surface area contributed by atoms with E-state index in [4.69, 9.17) is 11.0 Å². The number of hydrogen-bond acceptors (Lipinski definition) is 7. The maximum atomic E-state index is 12.5. The first-order valence-electron chi connectivity index (χ1n) is 7.14. The number of carbonyl (C=O) groups is 1. The summed E-state index contributed by atoms with van der Waals surface area (Å²) in [6.45, 7) is 0.311. The highest BCUT2D eigenvalue weighted by molar-refractivity contribution is 6.04. The van der Waals surface area contributed by atoms with Crippen LogP contribution in [0.5, 0.6) is 0 Å². The van der Waals surface area contributed by atoms with Gasteiger partial charge in [0.15, 0.2) is 11.5 Å². The second-order valence-electron chi connectivity index (χ2n) is 5.10. The molecule has 0 spiro atoms. The molecular formula is C15H14N8O. The minimum Gasteiger partial charge on any atom is -0.381 e. The van der Waals surface area contributed by atoms with Crippen molar-refractivity contribution in [2.24, 2.45) is 0 Å². The van der Waals surface area contributed by atoms with Crippen LogP contribution < -0.4 is 5.73 Å². The summed E-state index contributed by atoms with van der Waals surface area (Å²) in [5.74, 6) is -0.226. The first-order valence-corrected chi connectivity index (χ1v) is 7.14. The molecule has 0 atom stereocenters. The number of nitriles is 1. The molecule has 0 saturated carbocycles. The third-order valence-electron chi connectivity index (χ3n) is 3.50. The summed E-state index contributed by atoms with van der Waals surface area (Å²) in [4.78, 5) is 26.3. The van der Waals surface area contributed by atoms with Crippen molar-refractivity contribution < 1.29 is 4.79 Å². The van der Waals surface area contributed by atoms with Crippen molar-refractivity contribution in [2.45, 2.75) is 6.42 Å². The Labute approximate surface area is 137 Å². The van der Waals surface area contributed by atoms with Crippen LogP contribution in [0.4, 0.5) is 5.82 Å². The van der Waals surface area contributed by atoms with Gasteiger partial charge in [-0.1, -0.05) is 0 Å². The monoisotopic (exact) mass is 322 g/mol. The van der Waals surface area contributed by atoms with Crippen molar-refractivity contribution in [3.8, 4) is 17.3 Å². The number of amides is 1. The van der Waals surface area contributed by atoms with Gasteiger partial charge in [-0.25, -0.2) is 19.5 Å². The number of nitrogens with zero attached hydrogens (tertiary/aromatic N) is 7. The van der Waals surface area contributed by atoms with Crippen LogP contribution in [0.3, 0.4) is 0 Å². The molecule has 0 fully saturated rings. The minimum atomic E-state index is -0.319. The molecule has 0 bridgehead atoms. The van der Waals surface area contributed by atoms with Crippen LogP contribution in [0.25, 0.3) is 16.9 Å². The first kappa shape index (κ1) is 15.4. The molecule has 0 aromatic carbocycles. The van der Waals surface area contributed by atoms with Gasteiger partial charge in [-0.3, -0.25) is 4.79 Å². The third-order valence-corrected chi connectivity index (χ3v) is 3.50. The number of nitrogen functional groups attached to an aromatic ring is 1. The lowest BCUT2D eigenvalue weighted by Crippen LogP contribution is -2.28. The van der Waals surface area contributed by atoms with Gasteiger partial charge in [0, 0.05) is 37.7 Å². The third kappa shape index (κ3) is 2.72. The number of anilines is 1. The van der Waals surface area contributed by atoms with Gasteiger partial charge >= 0.3 is 0 Å². The second-order valence-corrected chi connectivity index (χ2v) is 5.10. The number of rotatable bonds is 4. The van der Waals surface area contributed by atoms with Crippen LogP contribution in [0.1, 0.15) is 16.8 Å². The molecule has 9 heteroatoms. The lowest BCUT2D eigenvalue weighted by Gasteiger charge is -2.14. The molecule has 3 aromatic rings.